The Hall–Kier alpha value is -1.56. The van der Waals surface area contributed by atoms with E-state index in [0.717, 1.165) is 44.5 Å². The summed E-state index contributed by atoms with van der Waals surface area (Å²) in [7, 11) is 0. The highest BCUT2D eigenvalue weighted by Crippen LogP contribution is 2.17. The molecule has 2 rings (SSSR count). The minimum atomic E-state index is 0.306. The van der Waals surface area contributed by atoms with Gasteiger partial charge in [-0.1, -0.05) is 0 Å². The van der Waals surface area contributed by atoms with Crippen LogP contribution >= 0.6 is 0 Å². The Labute approximate surface area is 94.8 Å². The Kier molecular flexibility index (Phi) is 3.40. The molecule has 1 aromatic heterocycles. The topological polar surface area (TPSA) is 76.3 Å². The lowest BCUT2D eigenvalue weighted by Crippen LogP contribution is -2.37. The van der Waals surface area contributed by atoms with Crippen LogP contribution in [0.4, 0.5) is 17.6 Å². The predicted molar refractivity (Wildman–Crippen MR) is 63.6 cm³/mol. The number of morpholine rings is 1. The molecule has 6 nitrogen and oxygen atoms in total. The Morgan fingerprint density at radius 2 is 2.19 bits per heavy atom. The molecular formula is C10H17N5O. The van der Waals surface area contributed by atoms with Crippen LogP contribution in [0.1, 0.15) is 6.92 Å². The van der Waals surface area contributed by atoms with E-state index in [9.17, 15) is 0 Å². The van der Waals surface area contributed by atoms with Gasteiger partial charge in [-0.15, -0.1) is 0 Å². The Balaban J connectivity index is 2.18. The number of nitrogens with two attached hydrogens (primary N) is 1. The van der Waals surface area contributed by atoms with Crippen LogP contribution in [-0.2, 0) is 4.74 Å². The molecule has 0 aliphatic carbocycles. The van der Waals surface area contributed by atoms with Crippen molar-refractivity contribution in [2.45, 2.75) is 6.92 Å². The van der Waals surface area contributed by atoms with E-state index >= 15 is 0 Å². The van der Waals surface area contributed by atoms with E-state index in [2.05, 4.69) is 20.2 Å². The summed E-state index contributed by atoms with van der Waals surface area (Å²) in [5.74, 6) is 1.95. The fourth-order valence-electron chi connectivity index (χ4n) is 1.68. The average Bonchev–Trinajstić information content (AvgIpc) is 2.30. The number of aromatic nitrogens is 2. The second kappa shape index (κ2) is 4.98. The highest BCUT2D eigenvalue weighted by molar-refractivity contribution is 5.52. The smallest absolute Gasteiger partial charge is 0.223 e. The van der Waals surface area contributed by atoms with Crippen molar-refractivity contribution in [3.63, 3.8) is 0 Å². The number of nitrogens with one attached hydrogen (secondary N) is 1. The van der Waals surface area contributed by atoms with Gasteiger partial charge in [0.25, 0.3) is 0 Å². The molecule has 2 heterocycles. The van der Waals surface area contributed by atoms with Crippen LogP contribution in [0.25, 0.3) is 0 Å². The predicted octanol–water partition coefficient (Wildman–Crippen LogP) is 0.327. The minimum Gasteiger partial charge on any atom is -0.378 e. The zero-order valence-electron chi connectivity index (χ0n) is 9.44. The van der Waals surface area contributed by atoms with Crippen molar-refractivity contribution in [2.24, 2.45) is 0 Å². The van der Waals surface area contributed by atoms with Gasteiger partial charge in [0.2, 0.25) is 5.95 Å². The number of rotatable bonds is 3. The molecule has 6 heteroatoms. The molecule has 1 aliphatic heterocycles. The molecule has 0 saturated carbocycles. The van der Waals surface area contributed by atoms with Crippen LogP contribution in [0.5, 0.6) is 0 Å². The molecular weight excluding hydrogens is 206 g/mol. The minimum absolute atomic E-state index is 0.306. The first-order valence-electron chi connectivity index (χ1n) is 5.50. The van der Waals surface area contributed by atoms with E-state index in [1.54, 1.807) is 0 Å². The summed E-state index contributed by atoms with van der Waals surface area (Å²) in [6, 6.07) is 1.92. The van der Waals surface area contributed by atoms with Crippen molar-refractivity contribution in [2.75, 3.05) is 48.8 Å². The van der Waals surface area contributed by atoms with Crippen LogP contribution in [0.15, 0.2) is 6.07 Å². The van der Waals surface area contributed by atoms with Gasteiger partial charge in [-0.25, -0.2) is 0 Å². The fourth-order valence-corrected chi connectivity index (χ4v) is 1.68. The molecule has 0 amide bonds. The monoisotopic (exact) mass is 223 g/mol. The molecule has 1 saturated heterocycles. The van der Waals surface area contributed by atoms with Gasteiger partial charge in [-0.3, -0.25) is 0 Å². The van der Waals surface area contributed by atoms with Crippen LogP contribution in [0.2, 0.25) is 0 Å². The summed E-state index contributed by atoms with van der Waals surface area (Å²) in [6.45, 7) is 6.01. The zero-order chi connectivity index (χ0) is 11.4. The summed E-state index contributed by atoms with van der Waals surface area (Å²) in [4.78, 5) is 10.5. The summed E-state index contributed by atoms with van der Waals surface area (Å²) < 4.78 is 5.30. The Morgan fingerprint density at radius 1 is 1.44 bits per heavy atom. The second-order valence-corrected chi connectivity index (χ2v) is 3.60. The van der Waals surface area contributed by atoms with Gasteiger partial charge in [-0.05, 0) is 6.92 Å². The van der Waals surface area contributed by atoms with E-state index in [1.807, 2.05) is 13.0 Å². The van der Waals surface area contributed by atoms with Gasteiger partial charge in [-0.2, -0.15) is 9.97 Å². The van der Waals surface area contributed by atoms with Crippen molar-refractivity contribution >= 4 is 17.6 Å². The van der Waals surface area contributed by atoms with Crippen molar-refractivity contribution in [1.29, 1.82) is 0 Å². The molecule has 1 aliphatic rings. The molecule has 16 heavy (non-hydrogen) atoms. The quantitative estimate of drug-likeness (QED) is 0.769. The molecule has 0 bridgehead atoms. The first kappa shape index (κ1) is 10.9. The van der Waals surface area contributed by atoms with Gasteiger partial charge >= 0.3 is 0 Å². The van der Waals surface area contributed by atoms with Crippen LogP contribution in [0.3, 0.4) is 0 Å². The Bertz CT molecular complexity index is 351. The molecule has 0 unspecified atom stereocenters. The molecule has 3 N–H and O–H groups in total. The summed E-state index contributed by atoms with van der Waals surface area (Å²) in [5.41, 5.74) is 5.68. The first-order chi connectivity index (χ1) is 7.79. The SMILES string of the molecule is CCNc1cc(N2CCOCC2)nc(N)n1. The summed E-state index contributed by atoms with van der Waals surface area (Å²) >= 11 is 0. The number of hydrogen-bond donors (Lipinski definition) is 2. The number of hydrogen-bond acceptors (Lipinski definition) is 6. The normalized spacial score (nSPS) is 16.2. The van der Waals surface area contributed by atoms with Gasteiger partial charge in [0.15, 0.2) is 0 Å². The molecule has 88 valence electrons. The molecule has 0 spiro atoms. The van der Waals surface area contributed by atoms with Crippen molar-refractivity contribution in [3.05, 3.63) is 6.07 Å². The highest BCUT2D eigenvalue weighted by atomic mass is 16.5. The lowest BCUT2D eigenvalue weighted by atomic mass is 10.4. The molecule has 1 aromatic rings. The van der Waals surface area contributed by atoms with Crippen LogP contribution in [-0.4, -0.2) is 42.8 Å². The van der Waals surface area contributed by atoms with Crippen molar-refractivity contribution in [3.8, 4) is 0 Å². The third kappa shape index (κ3) is 2.52. The van der Waals surface area contributed by atoms with Crippen LogP contribution in [0, 0.1) is 0 Å². The third-order valence-electron chi connectivity index (χ3n) is 2.42. The molecule has 0 aromatic carbocycles. The summed E-state index contributed by atoms with van der Waals surface area (Å²) in [6.07, 6.45) is 0. The number of nitrogen functional groups attached to an aromatic ring is 1. The zero-order valence-corrected chi connectivity index (χ0v) is 9.44. The number of ether oxygens (including phenoxy) is 1. The van der Waals surface area contributed by atoms with E-state index in [0.29, 0.717) is 5.95 Å². The molecule has 1 fully saturated rings. The summed E-state index contributed by atoms with van der Waals surface area (Å²) in [5, 5.41) is 3.14. The number of nitrogens with zero attached hydrogens (tertiary/aromatic N) is 3. The molecule has 0 radical (unpaired) electrons. The Morgan fingerprint density at radius 3 is 2.88 bits per heavy atom. The van der Waals surface area contributed by atoms with Crippen LogP contribution < -0.4 is 16.0 Å². The standard InChI is InChI=1S/C10H17N5O/c1-2-12-8-7-9(14-10(11)13-8)15-3-5-16-6-4-15/h7H,2-6H2,1H3,(H3,11,12,13,14). The maximum atomic E-state index is 5.68. The van der Waals surface area contributed by atoms with Gasteiger partial charge in [0.05, 0.1) is 13.2 Å². The lowest BCUT2D eigenvalue weighted by molar-refractivity contribution is 0.122. The van der Waals surface area contributed by atoms with E-state index in [4.69, 9.17) is 10.5 Å². The second-order valence-electron chi connectivity index (χ2n) is 3.60. The van der Waals surface area contributed by atoms with E-state index in [-0.39, 0.29) is 0 Å². The number of anilines is 3. The van der Waals surface area contributed by atoms with E-state index < -0.39 is 0 Å². The largest absolute Gasteiger partial charge is 0.378 e. The van der Waals surface area contributed by atoms with Gasteiger partial charge in [0, 0.05) is 25.7 Å². The van der Waals surface area contributed by atoms with Gasteiger partial charge in [0.1, 0.15) is 11.6 Å². The lowest BCUT2D eigenvalue weighted by Gasteiger charge is -2.28. The first-order valence-corrected chi connectivity index (χ1v) is 5.50. The maximum absolute atomic E-state index is 5.68. The van der Waals surface area contributed by atoms with Crippen molar-refractivity contribution < 1.29 is 4.74 Å². The fraction of sp³-hybridized carbons (Fsp3) is 0.600. The molecule has 0 atom stereocenters. The highest BCUT2D eigenvalue weighted by Gasteiger charge is 2.13. The average molecular weight is 223 g/mol. The van der Waals surface area contributed by atoms with E-state index in [1.165, 1.54) is 0 Å². The third-order valence-corrected chi connectivity index (χ3v) is 2.42. The van der Waals surface area contributed by atoms with Gasteiger partial charge < -0.3 is 20.7 Å². The maximum Gasteiger partial charge on any atom is 0.223 e. The van der Waals surface area contributed by atoms with Crippen molar-refractivity contribution in [1.82, 2.24) is 9.97 Å².